The SMILES string of the molecule is C=CC(=O)O.O=C(O)OC(=O)O.OCCO. The second-order valence-corrected chi connectivity index (χ2v) is 1.62. The molecule has 0 heterocycles. The summed E-state index contributed by atoms with van der Waals surface area (Å²) in [5.41, 5.74) is 0. The van der Waals surface area contributed by atoms with Crippen molar-refractivity contribution in [2.75, 3.05) is 13.2 Å². The van der Waals surface area contributed by atoms with E-state index in [-0.39, 0.29) is 13.2 Å². The first-order valence-corrected chi connectivity index (χ1v) is 3.52. The van der Waals surface area contributed by atoms with Crippen molar-refractivity contribution < 1.29 is 44.7 Å². The Morgan fingerprint density at radius 2 is 1.25 bits per heavy atom. The van der Waals surface area contributed by atoms with Gasteiger partial charge in [-0.25, -0.2) is 14.4 Å². The smallest absolute Gasteiger partial charge is 0.478 e. The van der Waals surface area contributed by atoms with Crippen molar-refractivity contribution >= 4 is 18.3 Å². The summed E-state index contributed by atoms with van der Waals surface area (Å²) in [6.45, 7) is 2.71. The summed E-state index contributed by atoms with van der Waals surface area (Å²) in [6.07, 6.45) is -2.79. The Kier molecular flexibility index (Phi) is 18.6. The Morgan fingerprint density at radius 3 is 1.25 bits per heavy atom. The van der Waals surface area contributed by atoms with Crippen LogP contribution in [0.25, 0.3) is 0 Å². The van der Waals surface area contributed by atoms with Gasteiger partial charge in [-0.2, -0.15) is 0 Å². The van der Waals surface area contributed by atoms with Gasteiger partial charge in [0.2, 0.25) is 0 Å². The molecule has 0 aliphatic rings. The van der Waals surface area contributed by atoms with E-state index >= 15 is 0 Å². The standard InChI is InChI=1S/C3H4O2.C2H2O5.C2H6O2/c1-2-3(4)5;3-1(4)7-2(5)6;3-1-2-4/h2H,1H2,(H,4,5);(H,3,4)(H,5,6);3-4H,1-2H2. The Bertz CT molecular complexity index is 208. The molecule has 0 unspecified atom stereocenters. The molecule has 0 bridgehead atoms. The molecule has 0 aromatic rings. The van der Waals surface area contributed by atoms with Gasteiger partial charge in [-0.1, -0.05) is 6.58 Å². The van der Waals surface area contributed by atoms with Gasteiger partial charge in [-0.3, -0.25) is 0 Å². The summed E-state index contributed by atoms with van der Waals surface area (Å²) in [5.74, 6) is -0.981. The minimum absolute atomic E-state index is 0.125. The second-order valence-electron chi connectivity index (χ2n) is 1.62. The van der Waals surface area contributed by atoms with E-state index in [9.17, 15) is 14.4 Å². The first kappa shape index (κ1) is 19.4. The van der Waals surface area contributed by atoms with Crippen LogP contribution >= 0.6 is 0 Å². The summed E-state index contributed by atoms with van der Waals surface area (Å²) in [5, 5.41) is 37.8. The average Bonchev–Trinajstić information content (AvgIpc) is 2.17. The molecule has 9 heteroatoms. The van der Waals surface area contributed by atoms with Crippen LogP contribution in [-0.4, -0.2) is 57.0 Å². The number of ether oxygens (including phenoxy) is 1. The van der Waals surface area contributed by atoms with Gasteiger partial charge in [0.1, 0.15) is 0 Å². The maximum absolute atomic E-state index is 9.25. The molecule has 0 aromatic carbocycles. The zero-order valence-electron chi connectivity index (χ0n) is 8.07. The summed E-state index contributed by atoms with van der Waals surface area (Å²) in [6, 6.07) is 0. The van der Waals surface area contributed by atoms with Crippen molar-refractivity contribution in [2.24, 2.45) is 0 Å². The van der Waals surface area contributed by atoms with E-state index in [2.05, 4.69) is 11.3 Å². The molecule has 0 rings (SSSR count). The van der Waals surface area contributed by atoms with Crippen molar-refractivity contribution in [1.29, 1.82) is 0 Å². The molecular weight excluding hydrogens is 228 g/mol. The Labute approximate surface area is 89.8 Å². The van der Waals surface area contributed by atoms with Gasteiger partial charge in [-0.05, 0) is 0 Å². The number of carbonyl (C=O) groups is 3. The molecule has 0 atom stereocenters. The fourth-order valence-electron chi connectivity index (χ4n) is 0.0747. The Hall–Kier alpha value is -2.13. The normalized spacial score (nSPS) is 7.12. The van der Waals surface area contributed by atoms with Crippen molar-refractivity contribution in [3.8, 4) is 0 Å². The average molecular weight is 240 g/mol. The maximum Gasteiger partial charge on any atom is 0.516 e. The number of carboxylic acids is 1. The van der Waals surface area contributed by atoms with Gasteiger partial charge in [0.15, 0.2) is 0 Å². The van der Waals surface area contributed by atoms with Crippen LogP contribution in [0.5, 0.6) is 0 Å². The predicted octanol–water partition coefficient (Wildman–Crippen LogP) is -0.413. The van der Waals surface area contributed by atoms with E-state index in [1.165, 1.54) is 0 Å². The van der Waals surface area contributed by atoms with Crippen molar-refractivity contribution in [3.05, 3.63) is 12.7 Å². The molecule has 9 nitrogen and oxygen atoms in total. The molecule has 5 N–H and O–H groups in total. The van der Waals surface area contributed by atoms with E-state index in [1.54, 1.807) is 0 Å². The molecule has 0 spiro atoms. The van der Waals surface area contributed by atoms with Gasteiger partial charge in [0.05, 0.1) is 13.2 Å². The largest absolute Gasteiger partial charge is 0.516 e. The third-order valence-corrected chi connectivity index (χ3v) is 0.449. The zero-order chi connectivity index (χ0) is 13.6. The number of hydrogen-bond acceptors (Lipinski definition) is 6. The van der Waals surface area contributed by atoms with Crippen LogP contribution in [0.3, 0.4) is 0 Å². The van der Waals surface area contributed by atoms with Crippen LogP contribution in [0, 0.1) is 0 Å². The molecule has 0 radical (unpaired) electrons. The van der Waals surface area contributed by atoms with Gasteiger partial charge < -0.3 is 30.3 Å². The number of aliphatic hydroxyl groups is 2. The topological polar surface area (TPSA) is 162 Å². The summed E-state index contributed by atoms with van der Waals surface area (Å²) in [4.78, 5) is 27.7. The highest BCUT2D eigenvalue weighted by Crippen LogP contribution is 1.73. The minimum atomic E-state index is -1.81. The molecule has 0 aliphatic carbocycles. The summed E-state index contributed by atoms with van der Waals surface area (Å²) in [7, 11) is 0. The predicted molar refractivity (Wildman–Crippen MR) is 49.1 cm³/mol. The lowest BCUT2D eigenvalue weighted by Gasteiger charge is -1.84. The van der Waals surface area contributed by atoms with E-state index in [4.69, 9.17) is 25.5 Å². The monoisotopic (exact) mass is 240 g/mol. The zero-order valence-corrected chi connectivity index (χ0v) is 8.07. The van der Waals surface area contributed by atoms with Crippen LogP contribution in [0.1, 0.15) is 0 Å². The van der Waals surface area contributed by atoms with Crippen LogP contribution in [0.4, 0.5) is 9.59 Å². The summed E-state index contributed by atoms with van der Waals surface area (Å²) >= 11 is 0. The molecule has 0 aliphatic heterocycles. The van der Waals surface area contributed by atoms with E-state index in [0.717, 1.165) is 6.08 Å². The van der Waals surface area contributed by atoms with Crippen molar-refractivity contribution in [2.45, 2.75) is 0 Å². The van der Waals surface area contributed by atoms with E-state index in [0.29, 0.717) is 0 Å². The van der Waals surface area contributed by atoms with Crippen LogP contribution in [0.2, 0.25) is 0 Å². The molecule has 0 fully saturated rings. The van der Waals surface area contributed by atoms with Crippen molar-refractivity contribution in [3.63, 3.8) is 0 Å². The van der Waals surface area contributed by atoms with Crippen LogP contribution < -0.4 is 0 Å². The number of aliphatic hydroxyl groups excluding tert-OH is 2. The molecule has 0 saturated carbocycles. The lowest BCUT2D eigenvalue weighted by atomic mass is 10.7. The first-order chi connectivity index (χ1) is 7.31. The van der Waals surface area contributed by atoms with Gasteiger partial charge in [-0.15, -0.1) is 0 Å². The molecular formula is C7H12O9. The number of hydrogen-bond donors (Lipinski definition) is 5. The van der Waals surface area contributed by atoms with Crippen molar-refractivity contribution in [1.82, 2.24) is 0 Å². The molecule has 94 valence electrons. The number of aliphatic carboxylic acids is 1. The van der Waals surface area contributed by atoms with E-state index in [1.807, 2.05) is 0 Å². The quantitative estimate of drug-likeness (QED) is 0.245. The van der Waals surface area contributed by atoms with Gasteiger partial charge in [0, 0.05) is 6.08 Å². The Morgan fingerprint density at radius 1 is 1.00 bits per heavy atom. The lowest BCUT2D eigenvalue weighted by Crippen LogP contribution is -2.05. The lowest BCUT2D eigenvalue weighted by molar-refractivity contribution is -0.131. The second kappa shape index (κ2) is 15.3. The molecule has 0 aromatic heterocycles. The molecule has 16 heavy (non-hydrogen) atoms. The first-order valence-electron chi connectivity index (χ1n) is 3.52. The highest BCUT2D eigenvalue weighted by atomic mass is 16.7. The van der Waals surface area contributed by atoms with Crippen LogP contribution in [0.15, 0.2) is 12.7 Å². The number of rotatable bonds is 2. The van der Waals surface area contributed by atoms with Crippen LogP contribution in [-0.2, 0) is 9.53 Å². The maximum atomic E-state index is 9.25. The summed E-state index contributed by atoms with van der Waals surface area (Å²) < 4.78 is 3.08. The minimum Gasteiger partial charge on any atom is -0.478 e. The molecule has 0 amide bonds. The fourth-order valence-corrected chi connectivity index (χ4v) is 0.0747. The van der Waals surface area contributed by atoms with Gasteiger partial charge >= 0.3 is 18.3 Å². The fraction of sp³-hybridized carbons (Fsp3) is 0.286. The molecule has 0 saturated heterocycles. The number of carboxylic acid groups (broad SMARTS) is 3. The van der Waals surface area contributed by atoms with E-state index < -0.39 is 18.3 Å². The third-order valence-electron chi connectivity index (χ3n) is 0.449. The Balaban J connectivity index is -0.000000166. The van der Waals surface area contributed by atoms with Gasteiger partial charge in [0.25, 0.3) is 0 Å². The third kappa shape index (κ3) is 59.1. The highest BCUT2D eigenvalue weighted by Gasteiger charge is 2.01. The highest BCUT2D eigenvalue weighted by molar-refractivity contribution is 5.78.